The molecule has 1 aromatic carbocycles. The lowest BCUT2D eigenvalue weighted by molar-refractivity contribution is -0.167. The fourth-order valence-corrected chi connectivity index (χ4v) is 2.39. The quantitative estimate of drug-likeness (QED) is 0.863. The summed E-state index contributed by atoms with van der Waals surface area (Å²) in [6, 6.07) is 5.84. The highest BCUT2D eigenvalue weighted by Crippen LogP contribution is 2.19. The highest BCUT2D eigenvalue weighted by Gasteiger charge is 2.38. The molecule has 8 heteroatoms. The predicted octanol–water partition coefficient (Wildman–Crippen LogP) is 2.62. The van der Waals surface area contributed by atoms with Gasteiger partial charge in [-0.25, -0.2) is 0 Å². The van der Waals surface area contributed by atoms with Crippen molar-refractivity contribution in [1.82, 2.24) is 5.32 Å². The van der Waals surface area contributed by atoms with Crippen LogP contribution >= 0.6 is 0 Å². The van der Waals surface area contributed by atoms with Crippen LogP contribution < -0.4 is 10.6 Å². The first-order valence-corrected chi connectivity index (χ1v) is 7.66. The highest BCUT2D eigenvalue weighted by atomic mass is 19.4. The van der Waals surface area contributed by atoms with E-state index in [4.69, 9.17) is 4.74 Å². The first kappa shape index (κ1) is 18.3. The van der Waals surface area contributed by atoms with Gasteiger partial charge in [-0.1, -0.05) is 12.1 Å². The van der Waals surface area contributed by atoms with Crippen molar-refractivity contribution in [3.05, 3.63) is 29.8 Å². The molecule has 2 N–H and O–H groups in total. The van der Waals surface area contributed by atoms with Crippen molar-refractivity contribution in [3.63, 3.8) is 0 Å². The van der Waals surface area contributed by atoms with E-state index >= 15 is 0 Å². The van der Waals surface area contributed by atoms with Gasteiger partial charge in [0.25, 0.3) is 0 Å². The number of ether oxygens (including phenoxy) is 1. The van der Waals surface area contributed by atoms with Crippen LogP contribution in [0.25, 0.3) is 0 Å². The summed E-state index contributed by atoms with van der Waals surface area (Å²) >= 11 is 0. The van der Waals surface area contributed by atoms with Gasteiger partial charge >= 0.3 is 12.1 Å². The van der Waals surface area contributed by atoms with E-state index in [0.717, 1.165) is 18.4 Å². The van der Waals surface area contributed by atoms with Crippen molar-refractivity contribution in [3.8, 4) is 0 Å². The third kappa shape index (κ3) is 5.84. The van der Waals surface area contributed by atoms with Crippen LogP contribution in [0.3, 0.4) is 0 Å². The van der Waals surface area contributed by atoms with E-state index in [9.17, 15) is 22.8 Å². The molecular weight excluding hydrogens is 325 g/mol. The predicted molar refractivity (Wildman–Crippen MR) is 81.1 cm³/mol. The Morgan fingerprint density at radius 2 is 1.75 bits per heavy atom. The van der Waals surface area contributed by atoms with Crippen LogP contribution in [0.5, 0.6) is 0 Å². The number of carbonyl (C=O) groups excluding carboxylic acids is 2. The Balaban J connectivity index is 1.77. The van der Waals surface area contributed by atoms with Crippen LogP contribution in [-0.2, 0) is 20.9 Å². The van der Waals surface area contributed by atoms with Crippen LogP contribution in [-0.4, -0.2) is 31.2 Å². The Labute approximate surface area is 137 Å². The fraction of sp³-hybridized carbons (Fsp3) is 0.500. The van der Waals surface area contributed by atoms with Crippen molar-refractivity contribution in [2.75, 3.05) is 18.5 Å². The number of anilines is 1. The third-order valence-electron chi connectivity index (χ3n) is 3.77. The highest BCUT2D eigenvalue weighted by molar-refractivity contribution is 5.94. The molecule has 0 saturated carbocycles. The summed E-state index contributed by atoms with van der Waals surface area (Å²) in [6.45, 7) is 1.65. The number of alkyl halides is 3. The van der Waals surface area contributed by atoms with E-state index in [0.29, 0.717) is 25.6 Å². The molecule has 132 valence electrons. The van der Waals surface area contributed by atoms with Gasteiger partial charge in [0.05, 0.1) is 0 Å². The molecule has 2 rings (SSSR count). The number of amides is 2. The minimum atomic E-state index is -4.92. The molecule has 5 nitrogen and oxygen atoms in total. The van der Waals surface area contributed by atoms with Crippen LogP contribution in [0.4, 0.5) is 18.9 Å². The van der Waals surface area contributed by atoms with Gasteiger partial charge in [-0.3, -0.25) is 9.59 Å². The zero-order valence-corrected chi connectivity index (χ0v) is 13.0. The van der Waals surface area contributed by atoms with Gasteiger partial charge in [-0.2, -0.15) is 13.2 Å². The number of nitrogens with one attached hydrogen (secondary N) is 2. The molecule has 0 aliphatic carbocycles. The largest absolute Gasteiger partial charge is 0.471 e. The second-order valence-corrected chi connectivity index (χ2v) is 5.69. The molecule has 0 atom stereocenters. The maximum atomic E-state index is 12.1. The average molecular weight is 344 g/mol. The summed E-state index contributed by atoms with van der Waals surface area (Å²) < 4.78 is 41.7. The molecule has 0 aromatic heterocycles. The molecule has 0 unspecified atom stereocenters. The lowest BCUT2D eigenvalue weighted by Gasteiger charge is -2.21. The average Bonchev–Trinajstić information content (AvgIpc) is 2.54. The zero-order valence-electron chi connectivity index (χ0n) is 13.0. The van der Waals surface area contributed by atoms with Crippen molar-refractivity contribution in [1.29, 1.82) is 0 Å². The minimum absolute atomic E-state index is 0.0506. The molecule has 1 saturated heterocycles. The Morgan fingerprint density at radius 3 is 2.33 bits per heavy atom. The molecule has 0 spiro atoms. The van der Waals surface area contributed by atoms with Crippen LogP contribution in [0.2, 0.25) is 0 Å². The molecule has 1 aliphatic heterocycles. The summed E-state index contributed by atoms with van der Waals surface area (Å²) in [7, 11) is 0. The Morgan fingerprint density at radius 1 is 1.12 bits per heavy atom. The van der Waals surface area contributed by atoms with Gasteiger partial charge in [0.15, 0.2) is 0 Å². The summed E-state index contributed by atoms with van der Waals surface area (Å²) in [5.74, 6) is -1.74. The van der Waals surface area contributed by atoms with E-state index in [1.165, 1.54) is 12.1 Å². The molecule has 0 radical (unpaired) electrons. The number of benzene rings is 1. The first-order valence-electron chi connectivity index (χ1n) is 7.66. The van der Waals surface area contributed by atoms with Crippen molar-refractivity contribution >= 4 is 17.5 Å². The Hall–Kier alpha value is -2.09. The Kier molecular flexibility index (Phi) is 6.19. The van der Waals surface area contributed by atoms with E-state index in [1.54, 1.807) is 17.4 Å². The van der Waals surface area contributed by atoms with Crippen LogP contribution in [0.1, 0.15) is 24.8 Å². The number of halogens is 3. The third-order valence-corrected chi connectivity index (χ3v) is 3.77. The summed E-state index contributed by atoms with van der Waals surface area (Å²) in [5, 5.41) is 4.55. The van der Waals surface area contributed by atoms with E-state index in [1.807, 2.05) is 0 Å². The molecule has 1 aromatic rings. The van der Waals surface area contributed by atoms with E-state index in [-0.39, 0.29) is 18.1 Å². The standard InChI is InChI=1S/C16H19F3N2O3/c17-16(18,19)15(23)21-13-3-1-12(2-4-13)10-20-14(22)9-11-5-7-24-8-6-11/h1-4,11H,5-10H2,(H,20,22)(H,21,23). The van der Waals surface area contributed by atoms with E-state index in [2.05, 4.69) is 5.32 Å². The molecule has 1 aliphatic rings. The lowest BCUT2D eigenvalue weighted by atomic mass is 9.96. The van der Waals surface area contributed by atoms with Gasteiger partial charge in [-0.05, 0) is 36.5 Å². The lowest BCUT2D eigenvalue weighted by Crippen LogP contribution is -2.30. The van der Waals surface area contributed by atoms with Gasteiger partial charge in [-0.15, -0.1) is 0 Å². The van der Waals surface area contributed by atoms with E-state index < -0.39 is 12.1 Å². The summed E-state index contributed by atoms with van der Waals surface area (Å²) in [4.78, 5) is 22.7. The summed E-state index contributed by atoms with van der Waals surface area (Å²) in [6.07, 6.45) is -2.72. The summed E-state index contributed by atoms with van der Waals surface area (Å²) in [5.41, 5.74) is 0.787. The topological polar surface area (TPSA) is 67.4 Å². The van der Waals surface area contributed by atoms with Crippen molar-refractivity contribution in [2.45, 2.75) is 32.0 Å². The van der Waals surface area contributed by atoms with Crippen molar-refractivity contribution < 1.29 is 27.5 Å². The normalized spacial score (nSPS) is 15.8. The molecule has 24 heavy (non-hydrogen) atoms. The molecule has 0 bridgehead atoms. The van der Waals surface area contributed by atoms with Gasteiger partial charge in [0.1, 0.15) is 0 Å². The zero-order chi connectivity index (χ0) is 17.6. The first-order chi connectivity index (χ1) is 11.3. The number of carbonyl (C=O) groups is 2. The van der Waals surface area contributed by atoms with Crippen LogP contribution in [0.15, 0.2) is 24.3 Å². The van der Waals surface area contributed by atoms with Gasteiger partial charge in [0.2, 0.25) is 5.91 Å². The second-order valence-electron chi connectivity index (χ2n) is 5.69. The second kappa shape index (κ2) is 8.14. The number of hydrogen-bond acceptors (Lipinski definition) is 3. The number of rotatable bonds is 5. The monoisotopic (exact) mass is 344 g/mol. The van der Waals surface area contributed by atoms with Crippen LogP contribution in [0, 0.1) is 5.92 Å². The number of hydrogen-bond donors (Lipinski definition) is 2. The van der Waals surface area contributed by atoms with Gasteiger partial charge < -0.3 is 15.4 Å². The molecule has 2 amide bonds. The SMILES string of the molecule is O=C(CC1CCOCC1)NCc1ccc(NC(=O)C(F)(F)F)cc1. The molecule has 1 heterocycles. The van der Waals surface area contributed by atoms with Crippen molar-refractivity contribution in [2.24, 2.45) is 5.92 Å². The van der Waals surface area contributed by atoms with Gasteiger partial charge in [0, 0.05) is 31.9 Å². The maximum Gasteiger partial charge on any atom is 0.471 e. The molecule has 1 fully saturated rings. The minimum Gasteiger partial charge on any atom is -0.381 e. The molecular formula is C16H19F3N2O3. The maximum absolute atomic E-state index is 12.1. The fourth-order valence-electron chi connectivity index (χ4n) is 2.39. The Bertz CT molecular complexity index is 567. The smallest absolute Gasteiger partial charge is 0.381 e.